The minimum absolute atomic E-state index is 0.0658. The molecule has 0 N–H and O–H groups in total. The molecule has 10 heteroatoms. The molecule has 0 fully saturated rings. The predicted octanol–water partition coefficient (Wildman–Crippen LogP) is 4.28. The lowest BCUT2D eigenvalue weighted by atomic mass is 9.96. The molecule has 4 aromatic rings. The van der Waals surface area contributed by atoms with Crippen molar-refractivity contribution in [1.82, 2.24) is 14.7 Å². The number of ether oxygens (including phenoxy) is 1. The van der Waals surface area contributed by atoms with Crippen LogP contribution in [0.4, 0.5) is 5.95 Å². The van der Waals surface area contributed by atoms with E-state index in [1.807, 2.05) is 30.3 Å². The lowest BCUT2D eigenvalue weighted by Crippen LogP contribution is -2.34. The molecule has 9 nitrogen and oxygen atoms in total. The maximum absolute atomic E-state index is 13.3. The molecule has 2 aromatic carbocycles. The van der Waals surface area contributed by atoms with Crippen molar-refractivity contribution in [3.63, 3.8) is 0 Å². The SMILES string of the molecule is COc1c(C(=O)Cc2cnoc2)nc(N(C)C(c2ccccc2)c2ccc(C(C)=O)cc2Cl)n(C)c1=O. The molecule has 4 rings (SSSR count). The number of hydrogen-bond donors (Lipinski definition) is 0. The molecule has 190 valence electrons. The minimum Gasteiger partial charge on any atom is -0.489 e. The normalized spacial score (nSPS) is 11.7. The Kier molecular flexibility index (Phi) is 7.54. The molecule has 0 aliphatic rings. The van der Waals surface area contributed by atoms with E-state index in [1.165, 1.54) is 31.1 Å². The smallest absolute Gasteiger partial charge is 0.297 e. The monoisotopic (exact) mass is 520 g/mol. The molecule has 2 aromatic heterocycles. The van der Waals surface area contributed by atoms with Crippen LogP contribution in [0.1, 0.15) is 50.5 Å². The molecule has 1 atom stereocenters. The van der Waals surface area contributed by atoms with E-state index >= 15 is 0 Å². The highest BCUT2D eigenvalue weighted by Crippen LogP contribution is 2.35. The summed E-state index contributed by atoms with van der Waals surface area (Å²) in [5.74, 6) is -0.456. The second kappa shape index (κ2) is 10.8. The van der Waals surface area contributed by atoms with Gasteiger partial charge in [0.2, 0.25) is 11.7 Å². The molecule has 0 bridgehead atoms. The van der Waals surface area contributed by atoms with Crippen LogP contribution in [0.5, 0.6) is 5.75 Å². The zero-order valence-corrected chi connectivity index (χ0v) is 21.5. The lowest BCUT2D eigenvalue weighted by Gasteiger charge is -2.32. The molecule has 0 amide bonds. The zero-order chi connectivity index (χ0) is 26.7. The average Bonchev–Trinajstić information content (AvgIpc) is 3.40. The first kappa shape index (κ1) is 25.8. The van der Waals surface area contributed by atoms with E-state index in [-0.39, 0.29) is 29.6 Å². The van der Waals surface area contributed by atoms with E-state index in [4.69, 9.17) is 20.9 Å². The highest BCUT2D eigenvalue weighted by molar-refractivity contribution is 6.31. The number of carbonyl (C=O) groups is 2. The van der Waals surface area contributed by atoms with Gasteiger partial charge in [-0.25, -0.2) is 4.98 Å². The number of Topliss-reactive ketones (excluding diaryl/α,β-unsaturated/α-hetero) is 2. The van der Waals surface area contributed by atoms with Gasteiger partial charge in [-0.15, -0.1) is 0 Å². The quantitative estimate of drug-likeness (QED) is 0.301. The molecule has 0 radical (unpaired) electrons. The minimum atomic E-state index is -0.516. The number of halogens is 1. The van der Waals surface area contributed by atoms with Gasteiger partial charge < -0.3 is 14.2 Å². The van der Waals surface area contributed by atoms with Gasteiger partial charge in [0, 0.05) is 36.7 Å². The maximum Gasteiger partial charge on any atom is 0.297 e. The third-order valence-electron chi connectivity index (χ3n) is 6.06. The van der Waals surface area contributed by atoms with Gasteiger partial charge in [-0.2, -0.15) is 0 Å². The average molecular weight is 521 g/mol. The lowest BCUT2D eigenvalue weighted by molar-refractivity contribution is 0.0982. The summed E-state index contributed by atoms with van der Waals surface area (Å²) in [6.07, 6.45) is 2.72. The Bertz CT molecular complexity index is 1500. The molecule has 0 aliphatic carbocycles. The second-order valence-corrected chi connectivity index (χ2v) is 8.91. The van der Waals surface area contributed by atoms with Crippen molar-refractivity contribution < 1.29 is 18.8 Å². The summed E-state index contributed by atoms with van der Waals surface area (Å²) in [5, 5.41) is 4.00. The Morgan fingerprint density at radius 3 is 2.51 bits per heavy atom. The van der Waals surface area contributed by atoms with Crippen LogP contribution in [0.2, 0.25) is 5.02 Å². The van der Waals surface area contributed by atoms with Gasteiger partial charge in [-0.3, -0.25) is 19.0 Å². The zero-order valence-electron chi connectivity index (χ0n) is 20.8. The highest BCUT2D eigenvalue weighted by Gasteiger charge is 2.29. The van der Waals surface area contributed by atoms with Crippen LogP contribution < -0.4 is 15.2 Å². The number of rotatable bonds is 9. The van der Waals surface area contributed by atoms with Crippen LogP contribution in [0.25, 0.3) is 0 Å². The van der Waals surface area contributed by atoms with Crippen LogP contribution in [-0.2, 0) is 13.5 Å². The summed E-state index contributed by atoms with van der Waals surface area (Å²) < 4.78 is 11.4. The number of benzene rings is 2. The van der Waals surface area contributed by atoms with E-state index in [0.717, 1.165) is 5.56 Å². The van der Waals surface area contributed by atoms with Gasteiger partial charge in [-0.05, 0) is 24.1 Å². The van der Waals surface area contributed by atoms with Crippen LogP contribution in [0, 0.1) is 0 Å². The summed E-state index contributed by atoms with van der Waals surface area (Å²) in [6, 6.07) is 14.1. The molecule has 0 saturated carbocycles. The van der Waals surface area contributed by atoms with Gasteiger partial charge in [0.05, 0.1) is 19.3 Å². The van der Waals surface area contributed by atoms with Crippen molar-refractivity contribution in [2.75, 3.05) is 19.1 Å². The van der Waals surface area contributed by atoms with Gasteiger partial charge in [0.15, 0.2) is 17.3 Å². The summed E-state index contributed by atoms with van der Waals surface area (Å²) in [7, 11) is 4.64. The maximum atomic E-state index is 13.3. The summed E-state index contributed by atoms with van der Waals surface area (Å²) in [6.45, 7) is 1.47. The summed E-state index contributed by atoms with van der Waals surface area (Å²) in [4.78, 5) is 44.7. The second-order valence-electron chi connectivity index (χ2n) is 8.51. The van der Waals surface area contributed by atoms with Crippen LogP contribution >= 0.6 is 11.6 Å². The van der Waals surface area contributed by atoms with E-state index in [2.05, 4.69) is 10.1 Å². The number of methoxy groups -OCH3 is 1. The van der Waals surface area contributed by atoms with Crippen molar-refractivity contribution in [3.8, 4) is 5.75 Å². The molecular formula is C27H25ClN4O5. The number of hydrogen-bond acceptors (Lipinski definition) is 8. The topological polar surface area (TPSA) is 108 Å². The molecule has 0 aliphatic heterocycles. The largest absolute Gasteiger partial charge is 0.489 e. The highest BCUT2D eigenvalue weighted by atomic mass is 35.5. The Balaban J connectivity index is 1.87. The number of anilines is 1. The predicted molar refractivity (Wildman–Crippen MR) is 139 cm³/mol. The molecular weight excluding hydrogens is 496 g/mol. The van der Waals surface area contributed by atoms with E-state index in [0.29, 0.717) is 21.7 Å². The first-order valence-electron chi connectivity index (χ1n) is 11.4. The number of aromatic nitrogens is 3. The molecule has 2 heterocycles. The van der Waals surface area contributed by atoms with Crippen molar-refractivity contribution >= 4 is 29.1 Å². The van der Waals surface area contributed by atoms with Gasteiger partial charge in [0.1, 0.15) is 6.26 Å². The molecule has 0 saturated heterocycles. The van der Waals surface area contributed by atoms with Gasteiger partial charge in [-0.1, -0.05) is 59.2 Å². The fourth-order valence-corrected chi connectivity index (χ4v) is 4.46. The summed E-state index contributed by atoms with van der Waals surface area (Å²) in [5.41, 5.74) is 1.98. The molecule has 0 spiro atoms. The van der Waals surface area contributed by atoms with Crippen LogP contribution in [-0.4, -0.2) is 40.4 Å². The van der Waals surface area contributed by atoms with Crippen LogP contribution in [0.3, 0.4) is 0 Å². The Morgan fingerprint density at radius 2 is 1.92 bits per heavy atom. The van der Waals surface area contributed by atoms with Crippen molar-refractivity contribution in [3.05, 3.63) is 104 Å². The van der Waals surface area contributed by atoms with E-state index in [1.54, 1.807) is 37.2 Å². The Morgan fingerprint density at radius 1 is 1.19 bits per heavy atom. The number of nitrogens with zero attached hydrogens (tertiary/aromatic N) is 4. The van der Waals surface area contributed by atoms with Crippen LogP contribution in [0.15, 0.2) is 70.3 Å². The number of ketones is 2. The van der Waals surface area contributed by atoms with Gasteiger partial charge >= 0.3 is 0 Å². The van der Waals surface area contributed by atoms with Crippen molar-refractivity contribution in [2.45, 2.75) is 19.4 Å². The van der Waals surface area contributed by atoms with Gasteiger partial charge in [0.25, 0.3) is 5.56 Å². The first-order chi connectivity index (χ1) is 17.7. The Hall–Kier alpha value is -4.24. The van der Waals surface area contributed by atoms with Crippen molar-refractivity contribution in [2.24, 2.45) is 7.05 Å². The third-order valence-corrected chi connectivity index (χ3v) is 6.39. The fourth-order valence-electron chi connectivity index (χ4n) is 4.17. The summed E-state index contributed by atoms with van der Waals surface area (Å²) >= 11 is 6.67. The van der Waals surface area contributed by atoms with E-state index < -0.39 is 17.4 Å². The Labute approximate surface area is 218 Å². The molecule has 1 unspecified atom stereocenters. The third kappa shape index (κ3) is 5.17. The molecule has 37 heavy (non-hydrogen) atoms. The fraction of sp³-hybridized carbons (Fsp3) is 0.222. The van der Waals surface area contributed by atoms with Crippen molar-refractivity contribution in [1.29, 1.82) is 0 Å². The first-order valence-corrected chi connectivity index (χ1v) is 11.7. The van der Waals surface area contributed by atoms with E-state index in [9.17, 15) is 14.4 Å². The number of carbonyl (C=O) groups excluding carboxylic acids is 2. The standard InChI is InChI=1S/C27H25ClN4O5/c1-16(33)19-10-11-20(21(28)13-19)24(18-8-6-5-7-9-18)31(2)27-30-23(25(36-4)26(35)32(27)3)22(34)12-17-14-29-37-15-17/h5-11,13-15,24H,12H2,1-4H3.